The van der Waals surface area contributed by atoms with E-state index in [0.717, 1.165) is 24.5 Å². The number of Topliss-reactive ketones (excluding diaryl/α,β-unsaturated/α-hetero) is 1. The van der Waals surface area contributed by atoms with Crippen molar-refractivity contribution in [2.45, 2.75) is 83.1 Å². The number of hydrogen-bond acceptors (Lipinski definition) is 4. The maximum Gasteiger partial charge on any atom is 0.197 e. The fourth-order valence-corrected chi connectivity index (χ4v) is 3.47. The molecule has 0 bridgehead atoms. The minimum Gasteiger partial charge on any atom is -0.458 e. The van der Waals surface area contributed by atoms with Crippen molar-refractivity contribution in [1.82, 2.24) is 0 Å². The average molecular weight is 335 g/mol. The van der Waals surface area contributed by atoms with Crippen molar-refractivity contribution in [2.75, 3.05) is 6.61 Å². The molecule has 0 aromatic carbocycles. The number of furan rings is 1. The number of aliphatic hydroxyl groups is 1. The molecule has 0 saturated heterocycles. The van der Waals surface area contributed by atoms with Crippen LogP contribution in [0, 0.1) is 5.92 Å². The zero-order chi connectivity index (χ0) is 17.4. The van der Waals surface area contributed by atoms with Crippen LogP contribution in [0.25, 0.3) is 0 Å². The third-order valence-corrected chi connectivity index (χ3v) is 5.23. The van der Waals surface area contributed by atoms with Crippen LogP contribution < -0.4 is 5.73 Å². The van der Waals surface area contributed by atoms with Gasteiger partial charge in [0.05, 0.1) is 6.61 Å². The third-order valence-electron chi connectivity index (χ3n) is 5.23. The Morgan fingerprint density at radius 3 is 2.75 bits per heavy atom. The molecule has 1 unspecified atom stereocenters. The molecule has 0 aliphatic heterocycles. The van der Waals surface area contributed by atoms with Gasteiger partial charge in [0.2, 0.25) is 0 Å². The van der Waals surface area contributed by atoms with Crippen molar-refractivity contribution in [3.8, 4) is 0 Å². The molecule has 0 spiro atoms. The van der Waals surface area contributed by atoms with E-state index in [1.807, 2.05) is 13.0 Å². The van der Waals surface area contributed by atoms with Gasteiger partial charge in [0.25, 0.3) is 0 Å². The highest BCUT2D eigenvalue weighted by Crippen LogP contribution is 2.28. The second kappa shape index (κ2) is 9.38. The zero-order valence-corrected chi connectivity index (χ0v) is 15.1. The van der Waals surface area contributed by atoms with Gasteiger partial charge in [-0.15, -0.1) is 0 Å². The molecular weight excluding hydrogens is 302 g/mol. The van der Waals surface area contributed by atoms with Gasteiger partial charge in [0, 0.05) is 18.4 Å². The number of rotatable bonds is 10. The van der Waals surface area contributed by atoms with Gasteiger partial charge in [-0.1, -0.05) is 44.9 Å². The molecule has 1 heterocycles. The first-order valence-corrected chi connectivity index (χ1v) is 9.52. The molecule has 3 N–H and O–H groups in total. The number of carbonyl (C=O) groups is 1. The first-order chi connectivity index (χ1) is 11.5. The summed E-state index contributed by atoms with van der Waals surface area (Å²) in [5.41, 5.74) is 5.31. The van der Waals surface area contributed by atoms with Crippen molar-refractivity contribution in [3.05, 3.63) is 23.7 Å². The van der Waals surface area contributed by atoms with Crippen molar-refractivity contribution < 1.29 is 14.3 Å². The number of aryl methyl sites for hydroxylation is 1. The van der Waals surface area contributed by atoms with Crippen molar-refractivity contribution in [2.24, 2.45) is 11.7 Å². The van der Waals surface area contributed by atoms with E-state index in [0.29, 0.717) is 25.0 Å². The lowest BCUT2D eigenvalue weighted by Crippen LogP contribution is -2.40. The minimum absolute atomic E-state index is 0.0551. The van der Waals surface area contributed by atoms with Crippen molar-refractivity contribution in [1.29, 1.82) is 0 Å². The Bertz CT molecular complexity index is 501. The molecule has 1 aromatic rings. The normalized spacial score (nSPS) is 18.5. The van der Waals surface area contributed by atoms with Gasteiger partial charge in [-0.05, 0) is 37.8 Å². The first-order valence-electron chi connectivity index (χ1n) is 9.52. The molecule has 4 heteroatoms. The molecule has 1 aromatic heterocycles. The van der Waals surface area contributed by atoms with E-state index >= 15 is 0 Å². The average Bonchev–Trinajstić information content (AvgIpc) is 3.07. The molecule has 136 valence electrons. The van der Waals surface area contributed by atoms with E-state index in [4.69, 9.17) is 10.2 Å². The molecule has 1 aliphatic rings. The van der Waals surface area contributed by atoms with Crippen LogP contribution in [0.3, 0.4) is 0 Å². The van der Waals surface area contributed by atoms with Crippen LogP contribution in [0.2, 0.25) is 0 Å². The number of carbonyl (C=O) groups excluding carboxylic acids is 1. The number of nitrogens with two attached hydrogens (primary N) is 1. The van der Waals surface area contributed by atoms with Crippen LogP contribution in [-0.4, -0.2) is 23.0 Å². The van der Waals surface area contributed by atoms with E-state index < -0.39 is 5.54 Å². The molecule has 1 atom stereocenters. The van der Waals surface area contributed by atoms with E-state index in [9.17, 15) is 9.90 Å². The smallest absolute Gasteiger partial charge is 0.197 e. The lowest BCUT2D eigenvalue weighted by Gasteiger charge is -2.21. The monoisotopic (exact) mass is 335 g/mol. The standard InChI is InChI=1S/C20H33NO3/c1-20(21,15-22)14-13-17-11-12-19(24-17)18(23)10-6-5-9-16-7-3-2-4-8-16/h11-12,16,22H,2-10,13-15,21H2,1H3. The fraction of sp³-hybridized carbons (Fsp3) is 0.750. The highest BCUT2D eigenvalue weighted by Gasteiger charge is 2.19. The topological polar surface area (TPSA) is 76.5 Å². The quantitative estimate of drug-likeness (QED) is 0.495. The van der Waals surface area contributed by atoms with E-state index in [1.165, 1.54) is 38.5 Å². The summed E-state index contributed by atoms with van der Waals surface area (Å²) < 4.78 is 5.65. The SMILES string of the molecule is CC(N)(CO)CCc1ccc(C(=O)CCCCC2CCCCC2)o1. The Morgan fingerprint density at radius 2 is 2.04 bits per heavy atom. The number of ketones is 1. The fourth-order valence-electron chi connectivity index (χ4n) is 3.47. The number of unbranched alkanes of at least 4 members (excludes halogenated alkanes) is 1. The maximum absolute atomic E-state index is 12.2. The highest BCUT2D eigenvalue weighted by molar-refractivity contribution is 5.93. The predicted molar refractivity (Wildman–Crippen MR) is 96.1 cm³/mol. The summed E-state index contributed by atoms with van der Waals surface area (Å²) in [6.07, 6.45) is 12.1. The zero-order valence-electron chi connectivity index (χ0n) is 15.1. The molecule has 0 radical (unpaired) electrons. The van der Waals surface area contributed by atoms with E-state index in [-0.39, 0.29) is 12.4 Å². The Kier molecular flexibility index (Phi) is 7.50. The second-order valence-electron chi connectivity index (χ2n) is 7.75. The van der Waals surface area contributed by atoms with Gasteiger partial charge in [-0.3, -0.25) is 4.79 Å². The Labute approximate surface area is 145 Å². The highest BCUT2D eigenvalue weighted by atomic mass is 16.3. The Balaban J connectivity index is 1.67. The molecule has 1 saturated carbocycles. The van der Waals surface area contributed by atoms with Gasteiger partial charge in [-0.25, -0.2) is 0 Å². The first kappa shape index (κ1) is 19.2. The van der Waals surface area contributed by atoms with E-state index in [1.54, 1.807) is 6.07 Å². The largest absolute Gasteiger partial charge is 0.458 e. The van der Waals surface area contributed by atoms with Crippen LogP contribution in [0.15, 0.2) is 16.5 Å². The lowest BCUT2D eigenvalue weighted by molar-refractivity contribution is 0.0949. The summed E-state index contributed by atoms with van der Waals surface area (Å²) in [6, 6.07) is 3.62. The summed E-state index contributed by atoms with van der Waals surface area (Å²) in [6.45, 7) is 1.76. The molecule has 24 heavy (non-hydrogen) atoms. The summed E-state index contributed by atoms with van der Waals surface area (Å²) in [5.74, 6) is 2.22. The van der Waals surface area contributed by atoms with Gasteiger partial charge in [-0.2, -0.15) is 0 Å². The van der Waals surface area contributed by atoms with Gasteiger partial charge >= 0.3 is 0 Å². The second-order valence-corrected chi connectivity index (χ2v) is 7.75. The molecule has 4 nitrogen and oxygen atoms in total. The number of hydrogen-bond donors (Lipinski definition) is 2. The lowest BCUT2D eigenvalue weighted by atomic mass is 9.85. The van der Waals surface area contributed by atoms with Crippen LogP contribution >= 0.6 is 0 Å². The molecule has 0 amide bonds. The Hall–Kier alpha value is -1.13. The molecule has 2 rings (SSSR count). The van der Waals surface area contributed by atoms with Crippen LogP contribution in [0.5, 0.6) is 0 Å². The maximum atomic E-state index is 12.2. The summed E-state index contributed by atoms with van der Waals surface area (Å²) in [7, 11) is 0. The van der Waals surface area contributed by atoms with Gasteiger partial charge in [0.15, 0.2) is 11.5 Å². The minimum atomic E-state index is -0.601. The summed E-state index contributed by atoms with van der Waals surface area (Å²) >= 11 is 0. The van der Waals surface area contributed by atoms with Crippen molar-refractivity contribution >= 4 is 5.78 Å². The summed E-state index contributed by atoms with van der Waals surface area (Å²) in [5, 5.41) is 9.17. The van der Waals surface area contributed by atoms with Crippen LogP contribution in [-0.2, 0) is 6.42 Å². The molecular formula is C20H33NO3. The van der Waals surface area contributed by atoms with Gasteiger partial charge in [0.1, 0.15) is 5.76 Å². The Morgan fingerprint density at radius 1 is 1.29 bits per heavy atom. The van der Waals surface area contributed by atoms with Crippen LogP contribution in [0.1, 0.15) is 87.4 Å². The summed E-state index contributed by atoms with van der Waals surface area (Å²) in [4.78, 5) is 12.2. The molecule has 1 aliphatic carbocycles. The van der Waals surface area contributed by atoms with Crippen LogP contribution in [0.4, 0.5) is 0 Å². The van der Waals surface area contributed by atoms with E-state index in [2.05, 4.69) is 0 Å². The van der Waals surface area contributed by atoms with Crippen molar-refractivity contribution in [3.63, 3.8) is 0 Å². The van der Waals surface area contributed by atoms with Gasteiger partial charge < -0.3 is 15.3 Å². The number of aliphatic hydroxyl groups excluding tert-OH is 1. The third kappa shape index (κ3) is 6.40. The molecule has 1 fully saturated rings. The predicted octanol–water partition coefficient (Wildman–Crippen LogP) is 4.25.